The molecule has 0 aliphatic heterocycles. The Morgan fingerprint density at radius 1 is 1.35 bits per heavy atom. The van der Waals surface area contributed by atoms with Crippen molar-refractivity contribution in [3.05, 3.63) is 24.0 Å². The number of anilines is 1. The number of fused-ring (bicyclic) bond motifs is 1. The lowest BCUT2D eigenvalue weighted by Gasteiger charge is -2.26. The third-order valence-corrected chi connectivity index (χ3v) is 2.96. The summed E-state index contributed by atoms with van der Waals surface area (Å²) < 4.78 is 0. The van der Waals surface area contributed by atoms with Crippen molar-refractivity contribution in [2.24, 2.45) is 0 Å². The molecule has 0 atom stereocenters. The van der Waals surface area contributed by atoms with E-state index in [9.17, 15) is 0 Å². The Morgan fingerprint density at radius 3 is 2.71 bits per heavy atom. The van der Waals surface area contributed by atoms with Crippen LogP contribution in [-0.2, 0) is 0 Å². The van der Waals surface area contributed by atoms with Crippen molar-refractivity contribution in [3.8, 4) is 0 Å². The minimum Gasteiger partial charge on any atom is -0.394 e. The smallest absolute Gasteiger partial charge is 0.104 e. The summed E-state index contributed by atoms with van der Waals surface area (Å²) in [7, 11) is 1.85. The fourth-order valence-electron chi connectivity index (χ4n) is 1.86. The molecule has 3 N–H and O–H groups in total. The van der Waals surface area contributed by atoms with E-state index in [0.717, 1.165) is 22.5 Å². The summed E-state index contributed by atoms with van der Waals surface area (Å²) in [6.07, 6.45) is 0. The Balaban J connectivity index is 2.34. The van der Waals surface area contributed by atoms with Crippen molar-refractivity contribution in [1.82, 2.24) is 9.97 Å². The minimum atomic E-state index is -0.281. The molecule has 92 valence electrons. The molecular formula is C12H17N3O2. The molecule has 0 unspecified atom stereocenters. The van der Waals surface area contributed by atoms with Crippen LogP contribution in [0, 0.1) is 6.92 Å². The summed E-state index contributed by atoms with van der Waals surface area (Å²) in [4.78, 5) is 9.35. The van der Waals surface area contributed by atoms with Crippen LogP contribution < -0.4 is 4.90 Å². The van der Waals surface area contributed by atoms with E-state index in [4.69, 9.17) is 10.2 Å². The number of aliphatic hydroxyl groups excluding tert-OH is 2. The summed E-state index contributed by atoms with van der Waals surface area (Å²) in [6, 6.07) is 5.54. The zero-order valence-corrected chi connectivity index (χ0v) is 10.0. The molecule has 0 aliphatic rings. The van der Waals surface area contributed by atoms with Gasteiger partial charge < -0.3 is 20.1 Å². The molecule has 0 fully saturated rings. The van der Waals surface area contributed by atoms with Crippen LogP contribution in [0.1, 0.15) is 5.82 Å². The number of rotatable bonds is 4. The topological polar surface area (TPSA) is 72.4 Å². The predicted molar refractivity (Wildman–Crippen MR) is 67.2 cm³/mol. The first-order chi connectivity index (χ1) is 8.15. The number of aromatic amines is 1. The lowest BCUT2D eigenvalue weighted by atomic mass is 10.2. The van der Waals surface area contributed by atoms with Crippen LogP contribution in [0.3, 0.4) is 0 Å². The number of aliphatic hydroxyl groups is 2. The quantitative estimate of drug-likeness (QED) is 0.728. The Morgan fingerprint density at radius 2 is 2.06 bits per heavy atom. The van der Waals surface area contributed by atoms with Gasteiger partial charge in [0.2, 0.25) is 0 Å². The van der Waals surface area contributed by atoms with E-state index in [2.05, 4.69) is 9.97 Å². The van der Waals surface area contributed by atoms with Gasteiger partial charge in [-0.15, -0.1) is 0 Å². The first-order valence-electron chi connectivity index (χ1n) is 5.56. The average Bonchev–Trinajstić information content (AvgIpc) is 2.69. The van der Waals surface area contributed by atoms with E-state index in [0.29, 0.717) is 0 Å². The summed E-state index contributed by atoms with van der Waals surface area (Å²) in [5.74, 6) is 0.876. The monoisotopic (exact) mass is 235 g/mol. The van der Waals surface area contributed by atoms with E-state index < -0.39 is 0 Å². The number of aryl methyl sites for hydroxylation is 1. The molecule has 2 rings (SSSR count). The van der Waals surface area contributed by atoms with Crippen molar-refractivity contribution >= 4 is 16.7 Å². The van der Waals surface area contributed by atoms with Gasteiger partial charge in [-0.2, -0.15) is 0 Å². The van der Waals surface area contributed by atoms with E-state index in [-0.39, 0.29) is 19.3 Å². The molecule has 0 radical (unpaired) electrons. The van der Waals surface area contributed by atoms with Gasteiger partial charge in [0.05, 0.1) is 30.3 Å². The first kappa shape index (κ1) is 11.9. The van der Waals surface area contributed by atoms with Crippen molar-refractivity contribution in [3.63, 3.8) is 0 Å². The number of imidazole rings is 1. The molecular weight excluding hydrogens is 218 g/mol. The maximum Gasteiger partial charge on any atom is 0.104 e. The lowest BCUT2D eigenvalue weighted by Crippen LogP contribution is -2.37. The van der Waals surface area contributed by atoms with Crippen molar-refractivity contribution in [2.75, 3.05) is 25.2 Å². The highest BCUT2D eigenvalue weighted by atomic mass is 16.3. The number of likely N-dealkylation sites (N-methyl/N-ethyl adjacent to an activating group) is 1. The highest BCUT2D eigenvalue weighted by molar-refractivity contribution is 5.79. The molecule has 1 aromatic carbocycles. The van der Waals surface area contributed by atoms with Crippen molar-refractivity contribution < 1.29 is 10.2 Å². The van der Waals surface area contributed by atoms with Gasteiger partial charge in [0.15, 0.2) is 0 Å². The van der Waals surface area contributed by atoms with Crippen LogP contribution in [0.5, 0.6) is 0 Å². The van der Waals surface area contributed by atoms with Gasteiger partial charge in [-0.05, 0) is 25.1 Å². The molecule has 0 spiro atoms. The third kappa shape index (κ3) is 2.25. The zero-order valence-electron chi connectivity index (χ0n) is 10.0. The van der Waals surface area contributed by atoms with E-state index in [1.54, 1.807) is 0 Å². The maximum absolute atomic E-state index is 9.15. The molecule has 5 heteroatoms. The van der Waals surface area contributed by atoms with Crippen LogP contribution in [0.25, 0.3) is 11.0 Å². The van der Waals surface area contributed by atoms with Crippen molar-refractivity contribution in [1.29, 1.82) is 0 Å². The summed E-state index contributed by atoms with van der Waals surface area (Å²) in [5, 5.41) is 18.3. The number of nitrogens with zero attached hydrogens (tertiary/aromatic N) is 2. The molecule has 0 aliphatic carbocycles. The van der Waals surface area contributed by atoms with Gasteiger partial charge in [-0.3, -0.25) is 0 Å². The Kier molecular flexibility index (Phi) is 3.31. The summed E-state index contributed by atoms with van der Waals surface area (Å²) in [5.41, 5.74) is 2.82. The zero-order chi connectivity index (χ0) is 12.4. The highest BCUT2D eigenvalue weighted by Crippen LogP contribution is 2.21. The third-order valence-electron chi connectivity index (χ3n) is 2.96. The SMILES string of the molecule is Cc1nc2ccc(N(C)C(CO)CO)cc2[nH]1. The van der Waals surface area contributed by atoms with Crippen LogP contribution in [-0.4, -0.2) is 46.5 Å². The van der Waals surface area contributed by atoms with E-state index in [1.807, 2.05) is 37.1 Å². The molecule has 17 heavy (non-hydrogen) atoms. The molecule has 0 saturated heterocycles. The largest absolute Gasteiger partial charge is 0.394 e. The Labute approximate surface area is 99.7 Å². The predicted octanol–water partition coefficient (Wildman–Crippen LogP) is 0.661. The number of hydrogen-bond acceptors (Lipinski definition) is 4. The molecule has 1 aromatic heterocycles. The molecule has 0 saturated carbocycles. The van der Waals surface area contributed by atoms with Crippen LogP contribution in [0.4, 0.5) is 5.69 Å². The van der Waals surface area contributed by atoms with Gasteiger partial charge in [0, 0.05) is 12.7 Å². The first-order valence-corrected chi connectivity index (χ1v) is 5.56. The van der Waals surface area contributed by atoms with E-state index >= 15 is 0 Å². The molecule has 5 nitrogen and oxygen atoms in total. The number of H-pyrrole nitrogens is 1. The second kappa shape index (κ2) is 4.73. The molecule has 1 heterocycles. The fraction of sp³-hybridized carbons (Fsp3) is 0.417. The number of benzene rings is 1. The van der Waals surface area contributed by atoms with Crippen LogP contribution in [0.15, 0.2) is 18.2 Å². The van der Waals surface area contributed by atoms with Gasteiger partial charge in [-0.25, -0.2) is 4.98 Å². The van der Waals surface area contributed by atoms with Gasteiger partial charge in [-0.1, -0.05) is 0 Å². The Hall–Kier alpha value is -1.59. The normalized spacial score (nSPS) is 11.4. The van der Waals surface area contributed by atoms with Crippen LogP contribution >= 0.6 is 0 Å². The fourth-order valence-corrected chi connectivity index (χ4v) is 1.86. The van der Waals surface area contributed by atoms with Crippen LogP contribution in [0.2, 0.25) is 0 Å². The molecule has 0 bridgehead atoms. The standard InChI is InChI=1S/C12H17N3O2/c1-8-13-11-4-3-9(5-12(11)14-8)15(2)10(6-16)7-17/h3-5,10,16-17H,6-7H2,1-2H3,(H,13,14). The number of hydrogen-bond donors (Lipinski definition) is 3. The second-order valence-electron chi connectivity index (χ2n) is 4.15. The lowest BCUT2D eigenvalue weighted by molar-refractivity contribution is 0.191. The van der Waals surface area contributed by atoms with Gasteiger partial charge in [0.25, 0.3) is 0 Å². The highest BCUT2D eigenvalue weighted by Gasteiger charge is 2.13. The Bertz CT molecular complexity index is 505. The molecule has 2 aromatic rings. The summed E-state index contributed by atoms with van der Waals surface area (Å²) >= 11 is 0. The molecule has 0 amide bonds. The average molecular weight is 235 g/mol. The van der Waals surface area contributed by atoms with Crippen molar-refractivity contribution in [2.45, 2.75) is 13.0 Å². The number of nitrogens with one attached hydrogen (secondary N) is 1. The van der Waals surface area contributed by atoms with E-state index in [1.165, 1.54) is 0 Å². The van der Waals surface area contributed by atoms with Gasteiger partial charge >= 0.3 is 0 Å². The number of aromatic nitrogens is 2. The maximum atomic E-state index is 9.15. The summed E-state index contributed by atoms with van der Waals surface area (Å²) in [6.45, 7) is 1.76. The minimum absolute atomic E-state index is 0.0763. The second-order valence-corrected chi connectivity index (χ2v) is 4.15. The van der Waals surface area contributed by atoms with Gasteiger partial charge in [0.1, 0.15) is 5.82 Å².